The molecule has 2 aromatic rings. The minimum Gasteiger partial charge on any atom is -0.497 e. The fraction of sp³-hybridized carbons (Fsp3) is 0.250. The minimum atomic E-state index is -1.34. The van der Waals surface area contributed by atoms with Gasteiger partial charge in [0.15, 0.2) is 0 Å². The number of imide groups is 1. The van der Waals surface area contributed by atoms with E-state index in [2.05, 4.69) is 10.6 Å². The molecule has 1 heterocycles. The number of nitrogens with zero attached hydrogens (tertiary/aromatic N) is 1. The summed E-state index contributed by atoms with van der Waals surface area (Å²) in [6.07, 6.45) is 0.240. The summed E-state index contributed by atoms with van der Waals surface area (Å²) in [5.74, 6) is -2.87. The zero-order valence-electron chi connectivity index (χ0n) is 15.8. The maximum Gasteiger partial charge on any atom is 0.325 e. The Morgan fingerprint density at radius 1 is 1.14 bits per heavy atom. The molecule has 2 aromatic carbocycles. The fourth-order valence-corrected chi connectivity index (χ4v) is 3.22. The second-order valence-electron chi connectivity index (χ2n) is 6.45. The SMILES string of the molecule is CC[C@@]1(c2ccc(OC)cc2)NC(=O)N(CC(=O)Nc2c(F)cccc2F)C1=O. The Morgan fingerprint density at radius 2 is 1.76 bits per heavy atom. The lowest BCUT2D eigenvalue weighted by Crippen LogP contribution is -2.44. The summed E-state index contributed by atoms with van der Waals surface area (Å²) in [7, 11) is 1.51. The number of anilines is 1. The van der Waals surface area contributed by atoms with Gasteiger partial charge in [0, 0.05) is 0 Å². The standard InChI is InChI=1S/C20H19F2N3O4/c1-3-20(12-7-9-13(29-2)10-8-12)18(27)25(19(28)24-20)11-16(26)23-17-14(21)5-4-6-15(17)22/h4-10H,3,11H2,1-2H3,(H,23,26)(H,24,28)/t20-/m0/s1. The molecular formula is C20H19F2N3O4. The first-order valence-electron chi connectivity index (χ1n) is 8.85. The van der Waals surface area contributed by atoms with Crippen molar-refractivity contribution in [3.8, 4) is 5.75 Å². The maximum atomic E-state index is 13.7. The highest BCUT2D eigenvalue weighted by molar-refractivity contribution is 6.10. The summed E-state index contributed by atoms with van der Waals surface area (Å²) >= 11 is 0. The van der Waals surface area contributed by atoms with Gasteiger partial charge in [0.25, 0.3) is 5.91 Å². The normalized spacial score (nSPS) is 18.6. The van der Waals surface area contributed by atoms with Gasteiger partial charge in [-0.2, -0.15) is 0 Å². The maximum absolute atomic E-state index is 13.7. The van der Waals surface area contributed by atoms with Crippen LogP contribution in [-0.4, -0.2) is 36.4 Å². The van der Waals surface area contributed by atoms with Crippen molar-refractivity contribution in [3.63, 3.8) is 0 Å². The molecule has 0 spiro atoms. The molecule has 0 saturated carbocycles. The van der Waals surface area contributed by atoms with E-state index in [-0.39, 0.29) is 6.42 Å². The summed E-state index contributed by atoms with van der Waals surface area (Å²) in [6, 6.07) is 8.97. The van der Waals surface area contributed by atoms with Crippen molar-refractivity contribution >= 4 is 23.5 Å². The van der Waals surface area contributed by atoms with E-state index in [1.54, 1.807) is 31.2 Å². The number of amides is 4. The molecule has 152 valence electrons. The molecule has 0 radical (unpaired) electrons. The number of carbonyl (C=O) groups excluding carboxylic acids is 3. The van der Waals surface area contributed by atoms with Crippen LogP contribution in [0.15, 0.2) is 42.5 Å². The van der Waals surface area contributed by atoms with Gasteiger partial charge >= 0.3 is 6.03 Å². The number of methoxy groups -OCH3 is 1. The first kappa shape index (κ1) is 20.2. The van der Waals surface area contributed by atoms with Crippen LogP contribution >= 0.6 is 0 Å². The van der Waals surface area contributed by atoms with E-state index in [1.807, 2.05) is 0 Å². The van der Waals surface area contributed by atoms with E-state index in [1.165, 1.54) is 7.11 Å². The largest absolute Gasteiger partial charge is 0.497 e. The predicted octanol–water partition coefficient (Wildman–Crippen LogP) is 2.77. The Balaban J connectivity index is 1.81. The number of ether oxygens (including phenoxy) is 1. The fourth-order valence-electron chi connectivity index (χ4n) is 3.22. The summed E-state index contributed by atoms with van der Waals surface area (Å²) in [5, 5.41) is 4.70. The van der Waals surface area contributed by atoms with Crippen LogP contribution in [0.3, 0.4) is 0 Å². The lowest BCUT2D eigenvalue weighted by atomic mass is 9.87. The number of rotatable bonds is 6. The predicted molar refractivity (Wildman–Crippen MR) is 100 cm³/mol. The molecule has 2 N–H and O–H groups in total. The van der Waals surface area contributed by atoms with Crippen molar-refractivity contribution in [2.45, 2.75) is 18.9 Å². The van der Waals surface area contributed by atoms with Crippen LogP contribution in [0.5, 0.6) is 5.75 Å². The van der Waals surface area contributed by atoms with Crippen LogP contribution in [0.4, 0.5) is 19.3 Å². The molecule has 0 aliphatic carbocycles. The average molecular weight is 403 g/mol. The highest BCUT2D eigenvalue weighted by Crippen LogP contribution is 2.33. The molecule has 1 aliphatic rings. The van der Waals surface area contributed by atoms with Crippen LogP contribution in [0, 0.1) is 11.6 Å². The lowest BCUT2D eigenvalue weighted by Gasteiger charge is -2.26. The van der Waals surface area contributed by atoms with E-state index >= 15 is 0 Å². The Morgan fingerprint density at radius 3 is 2.31 bits per heavy atom. The summed E-state index contributed by atoms with van der Waals surface area (Å²) < 4.78 is 32.5. The number of hydrogen-bond donors (Lipinski definition) is 2. The van der Waals surface area contributed by atoms with E-state index in [9.17, 15) is 23.2 Å². The van der Waals surface area contributed by atoms with Crippen molar-refractivity contribution in [1.82, 2.24) is 10.2 Å². The molecule has 0 aromatic heterocycles. The molecule has 1 aliphatic heterocycles. The Bertz CT molecular complexity index is 944. The molecule has 29 heavy (non-hydrogen) atoms. The molecule has 0 bridgehead atoms. The van der Waals surface area contributed by atoms with Crippen molar-refractivity contribution in [3.05, 3.63) is 59.7 Å². The zero-order chi connectivity index (χ0) is 21.2. The number of urea groups is 1. The van der Waals surface area contributed by atoms with Crippen molar-refractivity contribution in [2.75, 3.05) is 19.0 Å². The number of benzene rings is 2. The highest BCUT2D eigenvalue weighted by atomic mass is 19.1. The quantitative estimate of drug-likeness (QED) is 0.726. The van der Waals surface area contributed by atoms with E-state index < -0.39 is 47.3 Å². The average Bonchev–Trinajstić information content (AvgIpc) is 2.96. The van der Waals surface area contributed by atoms with Gasteiger partial charge in [0.05, 0.1) is 7.11 Å². The zero-order valence-corrected chi connectivity index (χ0v) is 15.8. The first-order chi connectivity index (χ1) is 13.8. The minimum absolute atomic E-state index is 0.240. The molecule has 1 fully saturated rings. The molecule has 4 amide bonds. The van der Waals surface area contributed by atoms with Gasteiger partial charge in [0.2, 0.25) is 5.91 Å². The Kier molecular flexibility index (Phi) is 5.49. The second-order valence-corrected chi connectivity index (χ2v) is 6.45. The molecule has 0 unspecified atom stereocenters. The third-order valence-corrected chi connectivity index (χ3v) is 4.82. The third-order valence-electron chi connectivity index (χ3n) is 4.82. The van der Waals surface area contributed by atoms with Crippen LogP contribution in [0.25, 0.3) is 0 Å². The lowest BCUT2D eigenvalue weighted by molar-refractivity contribution is -0.134. The van der Waals surface area contributed by atoms with E-state index in [4.69, 9.17) is 4.74 Å². The van der Waals surface area contributed by atoms with Crippen LogP contribution < -0.4 is 15.4 Å². The molecule has 7 nitrogen and oxygen atoms in total. The smallest absolute Gasteiger partial charge is 0.325 e. The van der Waals surface area contributed by atoms with Gasteiger partial charge < -0.3 is 15.4 Å². The van der Waals surface area contributed by atoms with Gasteiger partial charge in [-0.3, -0.25) is 14.5 Å². The molecule has 3 rings (SSSR count). The van der Waals surface area contributed by atoms with Gasteiger partial charge in [-0.25, -0.2) is 13.6 Å². The number of para-hydroxylation sites is 1. The van der Waals surface area contributed by atoms with Crippen LogP contribution in [0.2, 0.25) is 0 Å². The monoisotopic (exact) mass is 403 g/mol. The van der Waals surface area contributed by atoms with Crippen molar-refractivity contribution in [2.24, 2.45) is 0 Å². The van der Waals surface area contributed by atoms with Crippen LogP contribution in [-0.2, 0) is 15.1 Å². The second kappa shape index (κ2) is 7.86. The van der Waals surface area contributed by atoms with Gasteiger partial charge in [-0.15, -0.1) is 0 Å². The van der Waals surface area contributed by atoms with Gasteiger partial charge in [-0.1, -0.05) is 25.1 Å². The first-order valence-corrected chi connectivity index (χ1v) is 8.85. The summed E-state index contributed by atoms with van der Waals surface area (Å²) in [5.41, 5.74) is -1.45. The molecule has 9 heteroatoms. The summed E-state index contributed by atoms with van der Waals surface area (Å²) in [6.45, 7) is 1.04. The number of hydrogen-bond acceptors (Lipinski definition) is 4. The summed E-state index contributed by atoms with van der Waals surface area (Å²) in [4.78, 5) is 38.4. The third kappa shape index (κ3) is 3.63. The van der Waals surface area contributed by atoms with E-state index in [0.29, 0.717) is 11.3 Å². The van der Waals surface area contributed by atoms with Crippen LogP contribution in [0.1, 0.15) is 18.9 Å². The number of halogens is 2. The van der Waals surface area contributed by atoms with Crippen molar-refractivity contribution in [1.29, 1.82) is 0 Å². The Hall–Kier alpha value is -3.49. The van der Waals surface area contributed by atoms with Gasteiger partial charge in [-0.05, 0) is 36.2 Å². The highest BCUT2D eigenvalue weighted by Gasteiger charge is 2.51. The number of nitrogens with one attached hydrogen (secondary N) is 2. The van der Waals surface area contributed by atoms with Gasteiger partial charge in [0.1, 0.15) is 35.2 Å². The molecule has 1 atom stereocenters. The molecule has 1 saturated heterocycles. The van der Waals surface area contributed by atoms with E-state index in [0.717, 1.165) is 23.1 Å². The molecular weight excluding hydrogens is 384 g/mol. The number of carbonyl (C=O) groups is 3. The Labute approximate surface area is 165 Å². The van der Waals surface area contributed by atoms with Crippen molar-refractivity contribution < 1.29 is 27.9 Å². The topological polar surface area (TPSA) is 87.7 Å².